The average molecular weight is 192 g/mol. The lowest BCUT2D eigenvalue weighted by molar-refractivity contribution is 0.415. The molecule has 1 atom stereocenters. The van der Waals surface area contributed by atoms with Gasteiger partial charge in [0.2, 0.25) is 0 Å². The molecule has 1 aliphatic rings. The van der Waals surface area contributed by atoms with Crippen LogP contribution in [0.25, 0.3) is 0 Å². The third-order valence-corrected chi connectivity index (χ3v) is 2.09. The van der Waals surface area contributed by atoms with Gasteiger partial charge in [-0.1, -0.05) is 12.1 Å². The molecule has 4 N–H and O–H groups in total. The Balaban J connectivity index is 2.12. The van der Waals surface area contributed by atoms with E-state index in [2.05, 4.69) is 5.10 Å². The number of hydrazone groups is 1. The van der Waals surface area contributed by atoms with Crippen molar-refractivity contribution in [2.24, 2.45) is 16.8 Å². The zero-order valence-electron chi connectivity index (χ0n) is 7.63. The molecule has 0 aliphatic carbocycles. The number of rotatable bonds is 3. The lowest BCUT2D eigenvalue weighted by Gasteiger charge is -2.11. The van der Waals surface area contributed by atoms with Gasteiger partial charge in [-0.05, 0) is 17.7 Å². The molecule has 1 heterocycles. The van der Waals surface area contributed by atoms with E-state index in [-0.39, 0.29) is 6.10 Å². The summed E-state index contributed by atoms with van der Waals surface area (Å²) in [7, 11) is 0. The first kappa shape index (κ1) is 8.98. The second kappa shape index (κ2) is 3.65. The van der Waals surface area contributed by atoms with Crippen molar-refractivity contribution >= 4 is 12.0 Å². The zero-order chi connectivity index (χ0) is 9.97. The van der Waals surface area contributed by atoms with Gasteiger partial charge in [0, 0.05) is 0 Å². The number of ether oxygens (including phenoxy) is 1. The maximum Gasteiger partial charge on any atom is 0.129 e. The lowest BCUT2D eigenvalue weighted by atomic mass is 10.1. The molecule has 1 unspecified atom stereocenters. The number of epoxide rings is 1. The molecule has 0 radical (unpaired) electrons. The summed E-state index contributed by atoms with van der Waals surface area (Å²) in [5.41, 5.74) is 2.01. The number of nitrogens with zero attached hydrogens (tertiary/aromatic N) is 2. The predicted molar refractivity (Wildman–Crippen MR) is 54.5 cm³/mol. The Morgan fingerprint density at radius 1 is 1.43 bits per heavy atom. The van der Waals surface area contributed by atoms with Crippen molar-refractivity contribution in [1.29, 1.82) is 0 Å². The van der Waals surface area contributed by atoms with Gasteiger partial charge in [0.05, 0.1) is 12.3 Å². The first-order chi connectivity index (χ1) is 6.81. The van der Waals surface area contributed by atoms with Crippen LogP contribution in [0.5, 0.6) is 0 Å². The highest BCUT2D eigenvalue weighted by Crippen LogP contribution is 2.30. The van der Waals surface area contributed by atoms with Gasteiger partial charge in [-0.25, -0.2) is 5.84 Å². The largest absolute Gasteiger partial charge is 0.368 e. The number of anilines is 1. The Bertz CT molecular complexity index is 331. The van der Waals surface area contributed by atoms with E-state index in [1.165, 1.54) is 16.9 Å². The van der Waals surface area contributed by atoms with Gasteiger partial charge >= 0.3 is 0 Å². The molecule has 2 rings (SSSR count). The van der Waals surface area contributed by atoms with Crippen LogP contribution in [-0.2, 0) is 4.74 Å². The Morgan fingerprint density at radius 3 is 2.57 bits per heavy atom. The lowest BCUT2D eigenvalue weighted by Crippen LogP contribution is -2.29. The monoisotopic (exact) mass is 192 g/mol. The minimum atomic E-state index is 0.276. The normalized spacial score (nSPS) is 19.9. The molecular weight excluding hydrogens is 180 g/mol. The summed E-state index contributed by atoms with van der Waals surface area (Å²) in [4.78, 5) is 0. The van der Waals surface area contributed by atoms with Crippen molar-refractivity contribution in [3.63, 3.8) is 0 Å². The Kier molecular flexibility index (Phi) is 2.34. The fourth-order valence-electron chi connectivity index (χ4n) is 1.24. The van der Waals surface area contributed by atoms with Crippen molar-refractivity contribution in [2.45, 2.75) is 6.10 Å². The SMILES string of the molecule is N/N=C\N(N)c1ccc(C2CO2)cc1. The molecule has 14 heavy (non-hydrogen) atoms. The van der Waals surface area contributed by atoms with E-state index in [0.717, 1.165) is 12.3 Å². The summed E-state index contributed by atoms with van der Waals surface area (Å²) >= 11 is 0. The van der Waals surface area contributed by atoms with Gasteiger partial charge in [-0.2, -0.15) is 5.10 Å². The van der Waals surface area contributed by atoms with Gasteiger partial charge in [-0.15, -0.1) is 0 Å². The molecule has 0 amide bonds. The van der Waals surface area contributed by atoms with E-state index >= 15 is 0 Å². The van der Waals surface area contributed by atoms with Crippen molar-refractivity contribution in [1.82, 2.24) is 0 Å². The zero-order valence-corrected chi connectivity index (χ0v) is 7.63. The molecular formula is C9H12N4O. The van der Waals surface area contributed by atoms with Gasteiger partial charge in [0.15, 0.2) is 0 Å². The van der Waals surface area contributed by atoms with Crippen molar-refractivity contribution < 1.29 is 4.74 Å². The number of benzene rings is 1. The average Bonchev–Trinajstić information content (AvgIpc) is 3.02. The van der Waals surface area contributed by atoms with Crippen molar-refractivity contribution in [3.8, 4) is 0 Å². The molecule has 1 saturated heterocycles. The maximum atomic E-state index is 5.62. The minimum Gasteiger partial charge on any atom is -0.368 e. The second-order valence-electron chi connectivity index (χ2n) is 3.09. The first-order valence-corrected chi connectivity index (χ1v) is 4.30. The van der Waals surface area contributed by atoms with Crippen molar-refractivity contribution in [2.75, 3.05) is 11.6 Å². The summed E-state index contributed by atoms with van der Waals surface area (Å²) in [6, 6.07) is 7.77. The summed E-state index contributed by atoms with van der Waals surface area (Å²) in [5, 5.41) is 4.69. The highest BCUT2D eigenvalue weighted by molar-refractivity contribution is 5.77. The number of nitrogens with two attached hydrogens (primary N) is 2. The maximum absolute atomic E-state index is 5.62. The Morgan fingerprint density at radius 2 is 2.07 bits per heavy atom. The van der Waals surface area contributed by atoms with E-state index in [1.807, 2.05) is 24.3 Å². The van der Waals surface area contributed by atoms with Gasteiger partial charge < -0.3 is 10.6 Å². The van der Waals surface area contributed by atoms with Crippen LogP contribution in [0.2, 0.25) is 0 Å². The predicted octanol–water partition coefficient (Wildman–Crippen LogP) is 0.340. The van der Waals surface area contributed by atoms with E-state index in [0.29, 0.717) is 0 Å². The van der Waals surface area contributed by atoms with E-state index in [1.54, 1.807) is 0 Å². The standard InChI is InChI=1S/C9H12N4O/c10-12-6-13(11)8-3-1-7(2-4-8)9-5-14-9/h1-4,6,9H,5,10-11H2/b12-6-. The van der Waals surface area contributed by atoms with Crippen molar-refractivity contribution in [3.05, 3.63) is 29.8 Å². The van der Waals surface area contributed by atoms with Gasteiger partial charge in [0.25, 0.3) is 0 Å². The molecule has 0 spiro atoms. The quantitative estimate of drug-likeness (QED) is 0.238. The van der Waals surface area contributed by atoms with Crippen LogP contribution in [0.15, 0.2) is 29.4 Å². The summed E-state index contributed by atoms with van der Waals surface area (Å²) < 4.78 is 5.15. The molecule has 5 heteroatoms. The van der Waals surface area contributed by atoms with Crippen LogP contribution < -0.4 is 16.7 Å². The minimum absolute atomic E-state index is 0.276. The fraction of sp³-hybridized carbons (Fsp3) is 0.222. The number of hydrogen-bond acceptors (Lipinski definition) is 4. The molecule has 0 saturated carbocycles. The Hall–Kier alpha value is -1.59. The van der Waals surface area contributed by atoms with Crippen LogP contribution in [-0.4, -0.2) is 12.9 Å². The highest BCUT2D eigenvalue weighted by Gasteiger charge is 2.24. The summed E-state index contributed by atoms with van der Waals surface area (Å²) in [5.74, 6) is 10.6. The molecule has 1 aromatic carbocycles. The molecule has 0 aromatic heterocycles. The Labute approximate surface area is 81.9 Å². The third kappa shape index (κ3) is 1.84. The molecule has 0 bridgehead atoms. The van der Waals surface area contributed by atoms with Gasteiger partial charge in [0.1, 0.15) is 12.4 Å². The topological polar surface area (TPSA) is 80.2 Å². The fourth-order valence-corrected chi connectivity index (χ4v) is 1.24. The number of hydrazine groups is 1. The number of hydrogen-bond donors (Lipinski definition) is 2. The second-order valence-corrected chi connectivity index (χ2v) is 3.09. The van der Waals surface area contributed by atoms with Gasteiger partial charge in [-0.3, -0.25) is 5.01 Å². The third-order valence-electron chi connectivity index (χ3n) is 2.09. The van der Waals surface area contributed by atoms with Crippen LogP contribution in [0.1, 0.15) is 11.7 Å². The van der Waals surface area contributed by atoms with E-state index in [4.69, 9.17) is 16.4 Å². The van der Waals surface area contributed by atoms with Crippen LogP contribution in [0.3, 0.4) is 0 Å². The summed E-state index contributed by atoms with van der Waals surface area (Å²) in [6.45, 7) is 0.815. The van der Waals surface area contributed by atoms with Crippen LogP contribution in [0, 0.1) is 0 Å². The smallest absolute Gasteiger partial charge is 0.129 e. The summed E-state index contributed by atoms with van der Waals surface area (Å²) in [6.07, 6.45) is 1.63. The van der Waals surface area contributed by atoms with E-state index in [9.17, 15) is 0 Å². The molecule has 1 aromatic rings. The molecule has 1 aliphatic heterocycles. The van der Waals surface area contributed by atoms with E-state index < -0.39 is 0 Å². The first-order valence-electron chi connectivity index (χ1n) is 4.30. The highest BCUT2D eigenvalue weighted by atomic mass is 16.6. The van der Waals surface area contributed by atoms with Crippen LogP contribution >= 0.6 is 0 Å². The molecule has 5 nitrogen and oxygen atoms in total. The molecule has 1 fully saturated rings. The van der Waals surface area contributed by atoms with Crippen LogP contribution in [0.4, 0.5) is 5.69 Å². The molecule has 74 valence electrons.